The molecule has 4 heteroatoms. The molecule has 1 aliphatic rings. The third-order valence-electron chi connectivity index (χ3n) is 3.05. The first-order valence-electron chi connectivity index (χ1n) is 5.25. The van der Waals surface area contributed by atoms with Crippen LogP contribution in [0, 0.1) is 17.2 Å². The topological polar surface area (TPSA) is 73.3 Å². The Labute approximate surface area is 85.6 Å². The van der Waals surface area contributed by atoms with Crippen molar-refractivity contribution in [2.45, 2.75) is 26.4 Å². The number of rotatable bonds is 4. The van der Waals surface area contributed by atoms with Crippen molar-refractivity contribution in [1.82, 2.24) is 4.90 Å². The molecule has 1 fully saturated rings. The Morgan fingerprint density at radius 1 is 1.64 bits per heavy atom. The Kier molecular flexibility index (Phi) is 3.89. The summed E-state index contributed by atoms with van der Waals surface area (Å²) in [6.45, 7) is 6.63. The number of nitrogens with two attached hydrogens (primary N) is 1. The van der Waals surface area contributed by atoms with Crippen molar-refractivity contribution < 1.29 is 5.11 Å². The van der Waals surface area contributed by atoms with Gasteiger partial charge in [0, 0.05) is 19.0 Å². The summed E-state index contributed by atoms with van der Waals surface area (Å²) in [4.78, 5) is 2.28. The molecule has 0 aliphatic carbocycles. The standard InChI is InChI=1S/C10H21N3O/c1-7(10(11)12)5-13-4-3-9(6-13)8(2)14/h7-9,14H,3-6H2,1-2H3,(H3,11,12). The van der Waals surface area contributed by atoms with Crippen molar-refractivity contribution in [2.24, 2.45) is 17.6 Å². The van der Waals surface area contributed by atoms with Crippen LogP contribution in [0.25, 0.3) is 0 Å². The van der Waals surface area contributed by atoms with Gasteiger partial charge in [0.05, 0.1) is 11.9 Å². The predicted molar refractivity (Wildman–Crippen MR) is 57.3 cm³/mol. The molecule has 0 amide bonds. The van der Waals surface area contributed by atoms with Gasteiger partial charge >= 0.3 is 0 Å². The van der Waals surface area contributed by atoms with Crippen molar-refractivity contribution in [3.05, 3.63) is 0 Å². The fraction of sp³-hybridized carbons (Fsp3) is 0.900. The van der Waals surface area contributed by atoms with Crippen LogP contribution in [0.2, 0.25) is 0 Å². The predicted octanol–water partition coefficient (Wildman–Crippen LogP) is 0.261. The van der Waals surface area contributed by atoms with Crippen molar-refractivity contribution in [3.8, 4) is 0 Å². The average Bonchev–Trinajstić information content (AvgIpc) is 2.52. The quantitative estimate of drug-likeness (QED) is 0.449. The molecule has 82 valence electrons. The maximum atomic E-state index is 9.42. The molecule has 0 aromatic heterocycles. The molecule has 1 heterocycles. The van der Waals surface area contributed by atoms with Crippen molar-refractivity contribution in [2.75, 3.05) is 19.6 Å². The number of aliphatic hydroxyl groups excluding tert-OH is 1. The van der Waals surface area contributed by atoms with Crippen LogP contribution in [-0.2, 0) is 0 Å². The van der Waals surface area contributed by atoms with E-state index in [0.29, 0.717) is 5.92 Å². The summed E-state index contributed by atoms with van der Waals surface area (Å²) in [6, 6.07) is 0. The monoisotopic (exact) mass is 199 g/mol. The first-order chi connectivity index (χ1) is 6.50. The lowest BCUT2D eigenvalue weighted by molar-refractivity contribution is 0.127. The van der Waals surface area contributed by atoms with Gasteiger partial charge < -0.3 is 15.7 Å². The zero-order valence-electron chi connectivity index (χ0n) is 9.03. The van der Waals surface area contributed by atoms with E-state index in [1.807, 2.05) is 13.8 Å². The van der Waals surface area contributed by atoms with Gasteiger partial charge in [-0.15, -0.1) is 0 Å². The lowest BCUT2D eigenvalue weighted by Crippen LogP contribution is -2.33. The number of likely N-dealkylation sites (tertiary alicyclic amines) is 1. The number of nitrogens with one attached hydrogen (secondary N) is 1. The Hall–Kier alpha value is -0.610. The minimum Gasteiger partial charge on any atom is -0.393 e. The molecule has 3 atom stereocenters. The zero-order valence-corrected chi connectivity index (χ0v) is 9.03. The smallest absolute Gasteiger partial charge is 0.0947 e. The summed E-state index contributed by atoms with van der Waals surface area (Å²) in [5, 5.41) is 16.7. The molecule has 0 radical (unpaired) electrons. The van der Waals surface area contributed by atoms with Gasteiger partial charge in [0.15, 0.2) is 0 Å². The first kappa shape index (κ1) is 11.5. The van der Waals surface area contributed by atoms with E-state index in [9.17, 15) is 5.11 Å². The highest BCUT2D eigenvalue weighted by molar-refractivity contribution is 5.79. The summed E-state index contributed by atoms with van der Waals surface area (Å²) in [5.74, 6) is 0.780. The van der Waals surface area contributed by atoms with Gasteiger partial charge in [0.25, 0.3) is 0 Å². The third-order valence-corrected chi connectivity index (χ3v) is 3.05. The number of aliphatic hydroxyl groups is 1. The van der Waals surface area contributed by atoms with E-state index in [0.717, 1.165) is 26.1 Å². The molecule has 3 unspecified atom stereocenters. The van der Waals surface area contributed by atoms with Crippen molar-refractivity contribution in [3.63, 3.8) is 0 Å². The molecule has 4 nitrogen and oxygen atoms in total. The van der Waals surface area contributed by atoms with Crippen LogP contribution in [0.4, 0.5) is 0 Å². The molecule has 1 aliphatic heterocycles. The lowest BCUT2D eigenvalue weighted by atomic mass is 10.0. The maximum Gasteiger partial charge on any atom is 0.0947 e. The Morgan fingerprint density at radius 2 is 2.29 bits per heavy atom. The van der Waals surface area contributed by atoms with Gasteiger partial charge in [-0.25, -0.2) is 0 Å². The Balaban J connectivity index is 2.32. The fourth-order valence-corrected chi connectivity index (χ4v) is 1.91. The van der Waals surface area contributed by atoms with Crippen molar-refractivity contribution >= 4 is 5.84 Å². The van der Waals surface area contributed by atoms with Gasteiger partial charge in [-0.2, -0.15) is 0 Å². The molecule has 0 aromatic carbocycles. The van der Waals surface area contributed by atoms with Crippen LogP contribution in [-0.4, -0.2) is 41.6 Å². The molecular formula is C10H21N3O. The molecule has 14 heavy (non-hydrogen) atoms. The molecule has 0 aromatic rings. The highest BCUT2D eigenvalue weighted by Crippen LogP contribution is 2.20. The van der Waals surface area contributed by atoms with Crippen LogP contribution >= 0.6 is 0 Å². The molecule has 0 bridgehead atoms. The molecule has 0 saturated carbocycles. The van der Waals surface area contributed by atoms with Gasteiger partial charge in [-0.3, -0.25) is 5.41 Å². The SMILES string of the molecule is CC(CN1CCC(C(C)O)C1)C(=N)N. The fourth-order valence-electron chi connectivity index (χ4n) is 1.91. The summed E-state index contributed by atoms with van der Waals surface area (Å²) in [7, 11) is 0. The highest BCUT2D eigenvalue weighted by atomic mass is 16.3. The Bertz CT molecular complexity index is 206. The Morgan fingerprint density at radius 3 is 2.71 bits per heavy atom. The van der Waals surface area contributed by atoms with E-state index >= 15 is 0 Å². The summed E-state index contributed by atoms with van der Waals surface area (Å²) in [5.41, 5.74) is 5.42. The largest absolute Gasteiger partial charge is 0.393 e. The van der Waals surface area contributed by atoms with Gasteiger partial charge in [-0.05, 0) is 25.8 Å². The highest BCUT2D eigenvalue weighted by Gasteiger charge is 2.26. The van der Waals surface area contributed by atoms with E-state index in [1.54, 1.807) is 0 Å². The number of nitrogens with zero attached hydrogens (tertiary/aromatic N) is 1. The molecule has 1 rings (SSSR count). The zero-order chi connectivity index (χ0) is 10.7. The second-order valence-corrected chi connectivity index (χ2v) is 4.41. The molecular weight excluding hydrogens is 178 g/mol. The van der Waals surface area contributed by atoms with E-state index in [2.05, 4.69) is 4.90 Å². The third kappa shape index (κ3) is 2.96. The normalized spacial score (nSPS) is 27.5. The van der Waals surface area contributed by atoms with Crippen LogP contribution in [0.1, 0.15) is 20.3 Å². The van der Waals surface area contributed by atoms with Gasteiger partial charge in [0.1, 0.15) is 0 Å². The first-order valence-corrected chi connectivity index (χ1v) is 5.25. The van der Waals surface area contributed by atoms with E-state index < -0.39 is 0 Å². The minimum atomic E-state index is -0.215. The summed E-state index contributed by atoms with van der Waals surface area (Å²) < 4.78 is 0. The van der Waals surface area contributed by atoms with Crippen LogP contribution in [0.5, 0.6) is 0 Å². The van der Waals surface area contributed by atoms with E-state index in [1.165, 1.54) is 0 Å². The second kappa shape index (κ2) is 4.75. The lowest BCUT2D eigenvalue weighted by Gasteiger charge is -2.20. The van der Waals surface area contributed by atoms with Crippen molar-refractivity contribution in [1.29, 1.82) is 5.41 Å². The maximum absolute atomic E-state index is 9.42. The van der Waals surface area contributed by atoms with E-state index in [-0.39, 0.29) is 17.9 Å². The van der Waals surface area contributed by atoms with E-state index in [4.69, 9.17) is 11.1 Å². The summed E-state index contributed by atoms with van der Waals surface area (Å²) in [6.07, 6.45) is 0.843. The number of hydrogen-bond acceptors (Lipinski definition) is 3. The summed E-state index contributed by atoms with van der Waals surface area (Å²) >= 11 is 0. The van der Waals surface area contributed by atoms with Gasteiger partial charge in [0.2, 0.25) is 0 Å². The van der Waals surface area contributed by atoms with Crippen LogP contribution < -0.4 is 5.73 Å². The number of amidine groups is 1. The van der Waals surface area contributed by atoms with Crippen LogP contribution in [0.15, 0.2) is 0 Å². The van der Waals surface area contributed by atoms with Gasteiger partial charge in [-0.1, -0.05) is 6.92 Å². The number of hydrogen-bond donors (Lipinski definition) is 3. The minimum absolute atomic E-state index is 0.128. The molecule has 0 spiro atoms. The average molecular weight is 199 g/mol. The van der Waals surface area contributed by atoms with Crippen LogP contribution in [0.3, 0.4) is 0 Å². The molecule has 1 saturated heterocycles. The molecule has 4 N–H and O–H groups in total. The second-order valence-electron chi connectivity index (χ2n) is 4.41.